The van der Waals surface area contributed by atoms with Gasteiger partial charge in [-0.3, -0.25) is 0 Å². The quantitative estimate of drug-likeness (QED) is 0.577. The van der Waals surface area contributed by atoms with Gasteiger partial charge in [0.2, 0.25) is 0 Å². The summed E-state index contributed by atoms with van der Waals surface area (Å²) in [6.07, 6.45) is 10.4. The molecular weight excluding hydrogens is 178 g/mol. The molecule has 80 valence electrons. The van der Waals surface area contributed by atoms with E-state index >= 15 is 0 Å². The van der Waals surface area contributed by atoms with Crippen LogP contribution in [0.5, 0.6) is 0 Å². The SMILES string of the molecule is CCCC(CCCCCSC)NC. The van der Waals surface area contributed by atoms with Crippen molar-refractivity contribution < 1.29 is 0 Å². The zero-order valence-corrected chi connectivity index (χ0v) is 10.3. The van der Waals surface area contributed by atoms with Crippen LogP contribution in [0.2, 0.25) is 0 Å². The monoisotopic (exact) mass is 203 g/mol. The van der Waals surface area contributed by atoms with Crippen LogP contribution < -0.4 is 5.32 Å². The van der Waals surface area contributed by atoms with Crippen LogP contribution >= 0.6 is 11.8 Å². The second-order valence-corrected chi connectivity index (χ2v) is 4.60. The lowest BCUT2D eigenvalue weighted by Crippen LogP contribution is -2.24. The molecule has 1 unspecified atom stereocenters. The van der Waals surface area contributed by atoms with Gasteiger partial charge in [-0.25, -0.2) is 0 Å². The van der Waals surface area contributed by atoms with Gasteiger partial charge in [0, 0.05) is 6.04 Å². The minimum absolute atomic E-state index is 0.763. The van der Waals surface area contributed by atoms with Crippen molar-refractivity contribution >= 4 is 11.8 Å². The summed E-state index contributed by atoms with van der Waals surface area (Å²) in [4.78, 5) is 0. The Morgan fingerprint density at radius 3 is 2.46 bits per heavy atom. The summed E-state index contributed by atoms with van der Waals surface area (Å²) in [6.45, 7) is 2.26. The van der Waals surface area contributed by atoms with Crippen molar-refractivity contribution in [1.82, 2.24) is 5.32 Å². The summed E-state index contributed by atoms with van der Waals surface area (Å²) in [5.41, 5.74) is 0. The first-order chi connectivity index (χ1) is 6.35. The highest BCUT2D eigenvalue weighted by atomic mass is 32.2. The highest BCUT2D eigenvalue weighted by Gasteiger charge is 2.02. The fraction of sp³-hybridized carbons (Fsp3) is 1.00. The molecule has 0 aromatic carbocycles. The fourth-order valence-electron chi connectivity index (χ4n) is 1.60. The Hall–Kier alpha value is 0.310. The largest absolute Gasteiger partial charge is 0.317 e. The Labute approximate surface area is 88.1 Å². The zero-order chi connectivity index (χ0) is 9.94. The Kier molecular flexibility index (Phi) is 10.6. The summed E-state index contributed by atoms with van der Waals surface area (Å²) in [5.74, 6) is 1.33. The van der Waals surface area contributed by atoms with Crippen LogP contribution in [-0.4, -0.2) is 25.1 Å². The molecule has 1 nitrogen and oxygen atoms in total. The molecule has 2 heteroatoms. The van der Waals surface area contributed by atoms with Gasteiger partial charge < -0.3 is 5.32 Å². The molecule has 0 aliphatic heterocycles. The van der Waals surface area contributed by atoms with E-state index in [1.165, 1.54) is 44.3 Å². The van der Waals surface area contributed by atoms with Crippen molar-refractivity contribution in [1.29, 1.82) is 0 Å². The third-order valence-corrected chi connectivity index (χ3v) is 3.14. The van der Waals surface area contributed by atoms with Gasteiger partial charge in [-0.2, -0.15) is 11.8 Å². The number of hydrogen-bond acceptors (Lipinski definition) is 2. The molecule has 0 aliphatic rings. The molecule has 0 saturated heterocycles. The fourth-order valence-corrected chi connectivity index (χ4v) is 2.09. The maximum Gasteiger partial charge on any atom is 0.00639 e. The van der Waals surface area contributed by atoms with E-state index in [1.807, 2.05) is 11.8 Å². The van der Waals surface area contributed by atoms with Gasteiger partial charge >= 0.3 is 0 Å². The van der Waals surface area contributed by atoms with E-state index in [4.69, 9.17) is 0 Å². The van der Waals surface area contributed by atoms with Crippen LogP contribution in [0.4, 0.5) is 0 Å². The summed E-state index contributed by atoms with van der Waals surface area (Å²) in [7, 11) is 2.09. The zero-order valence-electron chi connectivity index (χ0n) is 9.44. The van der Waals surface area contributed by atoms with Crippen molar-refractivity contribution in [2.24, 2.45) is 0 Å². The van der Waals surface area contributed by atoms with Gasteiger partial charge in [-0.15, -0.1) is 0 Å². The maximum atomic E-state index is 3.39. The van der Waals surface area contributed by atoms with E-state index in [0.29, 0.717) is 0 Å². The molecule has 0 saturated carbocycles. The first-order valence-electron chi connectivity index (χ1n) is 5.51. The molecule has 0 aromatic rings. The molecule has 0 amide bonds. The Balaban J connectivity index is 3.17. The van der Waals surface area contributed by atoms with Crippen molar-refractivity contribution in [3.8, 4) is 0 Å². The van der Waals surface area contributed by atoms with Crippen LogP contribution in [0.25, 0.3) is 0 Å². The second-order valence-electron chi connectivity index (χ2n) is 3.62. The lowest BCUT2D eigenvalue weighted by atomic mass is 10.0. The average Bonchev–Trinajstić information content (AvgIpc) is 2.16. The average molecular weight is 203 g/mol. The van der Waals surface area contributed by atoms with Crippen molar-refractivity contribution in [3.63, 3.8) is 0 Å². The van der Waals surface area contributed by atoms with Gasteiger partial charge in [-0.1, -0.05) is 26.2 Å². The van der Waals surface area contributed by atoms with Crippen LogP contribution in [-0.2, 0) is 0 Å². The number of nitrogens with one attached hydrogen (secondary N) is 1. The molecule has 1 atom stereocenters. The second kappa shape index (κ2) is 10.4. The van der Waals surface area contributed by atoms with E-state index in [-0.39, 0.29) is 0 Å². The first-order valence-corrected chi connectivity index (χ1v) is 6.90. The first kappa shape index (κ1) is 13.3. The van der Waals surface area contributed by atoms with E-state index in [9.17, 15) is 0 Å². The molecule has 0 spiro atoms. The predicted octanol–water partition coefficient (Wildman–Crippen LogP) is 3.30. The number of thioether (sulfide) groups is 1. The molecule has 13 heavy (non-hydrogen) atoms. The predicted molar refractivity (Wildman–Crippen MR) is 64.6 cm³/mol. The summed E-state index contributed by atoms with van der Waals surface area (Å²) < 4.78 is 0. The molecule has 0 fully saturated rings. The Morgan fingerprint density at radius 1 is 1.15 bits per heavy atom. The lowest BCUT2D eigenvalue weighted by Gasteiger charge is -2.14. The Morgan fingerprint density at radius 2 is 1.92 bits per heavy atom. The summed E-state index contributed by atoms with van der Waals surface area (Å²) in [6, 6.07) is 0.763. The molecule has 0 heterocycles. The summed E-state index contributed by atoms with van der Waals surface area (Å²) in [5, 5.41) is 3.39. The highest BCUT2D eigenvalue weighted by Crippen LogP contribution is 2.09. The van der Waals surface area contributed by atoms with Crippen molar-refractivity contribution in [2.45, 2.75) is 51.5 Å². The Bertz CT molecular complexity index is 96.1. The van der Waals surface area contributed by atoms with Crippen molar-refractivity contribution in [2.75, 3.05) is 19.1 Å². The molecule has 0 bridgehead atoms. The molecular formula is C11H25NS. The maximum absolute atomic E-state index is 3.39. The normalized spacial score (nSPS) is 13.2. The minimum atomic E-state index is 0.763. The number of hydrogen-bond donors (Lipinski definition) is 1. The van der Waals surface area contributed by atoms with Crippen molar-refractivity contribution in [3.05, 3.63) is 0 Å². The van der Waals surface area contributed by atoms with E-state index in [2.05, 4.69) is 25.5 Å². The van der Waals surface area contributed by atoms with Crippen LogP contribution in [0.3, 0.4) is 0 Å². The number of unbranched alkanes of at least 4 members (excludes halogenated alkanes) is 2. The molecule has 1 N–H and O–H groups in total. The number of rotatable bonds is 9. The van der Waals surface area contributed by atoms with Crippen LogP contribution in [0.1, 0.15) is 45.4 Å². The standard InChI is InChI=1S/C11H25NS/c1-4-8-11(12-2)9-6-5-7-10-13-3/h11-12H,4-10H2,1-3H3. The topological polar surface area (TPSA) is 12.0 Å². The van der Waals surface area contributed by atoms with Gasteiger partial charge in [0.05, 0.1) is 0 Å². The molecule has 0 aromatic heterocycles. The summed E-state index contributed by atoms with van der Waals surface area (Å²) >= 11 is 1.96. The molecule has 0 aliphatic carbocycles. The molecule has 0 radical (unpaired) electrons. The minimum Gasteiger partial charge on any atom is -0.317 e. The van der Waals surface area contributed by atoms with E-state index in [1.54, 1.807) is 0 Å². The third kappa shape index (κ3) is 8.63. The third-order valence-electron chi connectivity index (χ3n) is 2.45. The smallest absolute Gasteiger partial charge is 0.00639 e. The van der Waals surface area contributed by atoms with Gasteiger partial charge in [0.1, 0.15) is 0 Å². The van der Waals surface area contributed by atoms with E-state index < -0.39 is 0 Å². The lowest BCUT2D eigenvalue weighted by molar-refractivity contribution is 0.461. The molecule has 0 rings (SSSR count). The van der Waals surface area contributed by atoms with Gasteiger partial charge in [0.15, 0.2) is 0 Å². The van der Waals surface area contributed by atoms with E-state index in [0.717, 1.165) is 6.04 Å². The van der Waals surface area contributed by atoms with Gasteiger partial charge in [-0.05, 0) is 38.3 Å². The van der Waals surface area contributed by atoms with Gasteiger partial charge in [0.25, 0.3) is 0 Å². The highest BCUT2D eigenvalue weighted by molar-refractivity contribution is 7.98. The van der Waals surface area contributed by atoms with Crippen LogP contribution in [0, 0.1) is 0 Å². The van der Waals surface area contributed by atoms with Crippen LogP contribution in [0.15, 0.2) is 0 Å².